The van der Waals surface area contributed by atoms with Gasteiger partial charge in [-0.1, -0.05) is 12.1 Å². The van der Waals surface area contributed by atoms with Gasteiger partial charge >= 0.3 is 0 Å². The minimum atomic E-state index is 0.299. The zero-order valence-electron chi connectivity index (χ0n) is 10.7. The first-order chi connectivity index (χ1) is 7.60. The summed E-state index contributed by atoms with van der Waals surface area (Å²) in [6.07, 6.45) is 3.95. The van der Waals surface area contributed by atoms with Crippen LogP contribution in [0.25, 0.3) is 0 Å². The molecular weight excluding hydrogens is 204 g/mol. The van der Waals surface area contributed by atoms with Gasteiger partial charge < -0.3 is 21.2 Å². The van der Waals surface area contributed by atoms with Crippen molar-refractivity contribution in [2.24, 2.45) is 10.9 Å². The summed E-state index contributed by atoms with van der Waals surface area (Å²) in [5.41, 5.74) is 5.47. The first kappa shape index (κ1) is 15.2. The van der Waals surface area contributed by atoms with Crippen LogP contribution in [0.4, 0.5) is 0 Å². The molecule has 0 aromatic rings. The van der Waals surface area contributed by atoms with Crippen LogP contribution in [-0.4, -0.2) is 49.2 Å². The molecule has 5 nitrogen and oxygen atoms in total. The van der Waals surface area contributed by atoms with Gasteiger partial charge in [-0.25, -0.2) is 0 Å². The largest absolute Gasteiger partial charge is 0.409 e. The Kier molecular flexibility index (Phi) is 8.94. The molecule has 0 spiro atoms. The number of hydrogen-bond donors (Lipinski definition) is 3. The van der Waals surface area contributed by atoms with Crippen molar-refractivity contribution < 1.29 is 5.21 Å². The Morgan fingerprint density at radius 2 is 2.12 bits per heavy atom. The lowest BCUT2D eigenvalue weighted by Crippen LogP contribution is -2.34. The van der Waals surface area contributed by atoms with E-state index in [1.165, 1.54) is 6.42 Å². The zero-order chi connectivity index (χ0) is 12.4. The van der Waals surface area contributed by atoms with Crippen LogP contribution in [-0.2, 0) is 0 Å². The van der Waals surface area contributed by atoms with Crippen LogP contribution in [0.15, 0.2) is 5.16 Å². The molecule has 0 aromatic carbocycles. The van der Waals surface area contributed by atoms with Gasteiger partial charge in [0.15, 0.2) is 0 Å². The van der Waals surface area contributed by atoms with Crippen LogP contribution in [0.3, 0.4) is 0 Å². The number of nitrogens with one attached hydrogen (secondary N) is 1. The molecule has 5 heteroatoms. The van der Waals surface area contributed by atoms with Gasteiger partial charge in [0.2, 0.25) is 0 Å². The van der Waals surface area contributed by atoms with Gasteiger partial charge in [-0.3, -0.25) is 0 Å². The lowest BCUT2D eigenvalue weighted by Gasteiger charge is -2.16. The van der Waals surface area contributed by atoms with E-state index < -0.39 is 0 Å². The fourth-order valence-electron chi connectivity index (χ4n) is 1.51. The molecule has 0 aliphatic heterocycles. The molecule has 0 aliphatic carbocycles. The lowest BCUT2D eigenvalue weighted by molar-refractivity contribution is 0.315. The first-order valence-corrected chi connectivity index (χ1v) is 5.94. The van der Waals surface area contributed by atoms with Crippen LogP contribution in [0.1, 0.15) is 32.6 Å². The highest BCUT2D eigenvalue weighted by molar-refractivity contribution is 5.80. The van der Waals surface area contributed by atoms with E-state index in [9.17, 15) is 0 Å². The summed E-state index contributed by atoms with van der Waals surface area (Å²) < 4.78 is 0. The Bertz CT molecular complexity index is 194. The number of hydrogen-bond acceptors (Lipinski definition) is 4. The Labute approximate surface area is 98.7 Å². The molecule has 0 aromatic heterocycles. The van der Waals surface area contributed by atoms with Gasteiger partial charge in [0.1, 0.15) is 5.84 Å². The van der Waals surface area contributed by atoms with Crippen molar-refractivity contribution in [1.29, 1.82) is 0 Å². The molecule has 0 amide bonds. The van der Waals surface area contributed by atoms with E-state index in [1.807, 2.05) is 0 Å². The minimum Gasteiger partial charge on any atom is -0.409 e. The third-order valence-electron chi connectivity index (χ3n) is 2.54. The maximum absolute atomic E-state index is 8.48. The van der Waals surface area contributed by atoms with E-state index in [4.69, 9.17) is 10.9 Å². The van der Waals surface area contributed by atoms with Gasteiger partial charge in [-0.05, 0) is 46.4 Å². The molecule has 0 aliphatic rings. The molecular formula is C11H26N4O. The average molecular weight is 230 g/mol. The van der Waals surface area contributed by atoms with E-state index in [0.717, 1.165) is 25.9 Å². The Morgan fingerprint density at radius 1 is 1.44 bits per heavy atom. The van der Waals surface area contributed by atoms with Gasteiger partial charge in [0, 0.05) is 12.5 Å². The van der Waals surface area contributed by atoms with Crippen molar-refractivity contribution in [3.05, 3.63) is 0 Å². The summed E-state index contributed by atoms with van der Waals surface area (Å²) >= 11 is 0. The summed E-state index contributed by atoms with van der Waals surface area (Å²) in [4.78, 5) is 2.19. The van der Waals surface area contributed by atoms with Crippen molar-refractivity contribution in [3.63, 3.8) is 0 Å². The number of nitrogens with zero attached hydrogens (tertiary/aromatic N) is 2. The minimum absolute atomic E-state index is 0.299. The van der Waals surface area contributed by atoms with E-state index in [2.05, 4.69) is 36.4 Å². The van der Waals surface area contributed by atoms with E-state index in [1.54, 1.807) is 0 Å². The molecule has 1 unspecified atom stereocenters. The van der Waals surface area contributed by atoms with Crippen molar-refractivity contribution in [3.8, 4) is 0 Å². The molecule has 0 radical (unpaired) electrons. The molecule has 96 valence electrons. The summed E-state index contributed by atoms with van der Waals surface area (Å²) in [6.45, 7) is 4.21. The van der Waals surface area contributed by atoms with Crippen molar-refractivity contribution in [2.75, 3.05) is 27.2 Å². The highest BCUT2D eigenvalue weighted by atomic mass is 16.4. The third kappa shape index (κ3) is 8.49. The summed E-state index contributed by atoms with van der Waals surface area (Å²) in [6, 6.07) is 0.315. The van der Waals surface area contributed by atoms with Gasteiger partial charge in [0.25, 0.3) is 0 Å². The van der Waals surface area contributed by atoms with E-state index in [-0.39, 0.29) is 0 Å². The highest BCUT2D eigenvalue weighted by Gasteiger charge is 2.07. The van der Waals surface area contributed by atoms with Gasteiger partial charge in [-0.15, -0.1) is 0 Å². The smallest absolute Gasteiger partial charge is 0.140 e. The van der Waals surface area contributed by atoms with Crippen LogP contribution in [0, 0.1) is 0 Å². The molecule has 16 heavy (non-hydrogen) atoms. The van der Waals surface area contributed by atoms with Crippen molar-refractivity contribution >= 4 is 5.84 Å². The second kappa shape index (κ2) is 9.42. The number of oxime groups is 1. The molecule has 0 saturated heterocycles. The number of nitrogens with two attached hydrogens (primary N) is 1. The average Bonchev–Trinajstić information content (AvgIpc) is 2.26. The first-order valence-electron chi connectivity index (χ1n) is 5.94. The van der Waals surface area contributed by atoms with Crippen molar-refractivity contribution in [1.82, 2.24) is 10.2 Å². The molecule has 0 saturated carbocycles. The SMILES string of the molecule is CCC(CC(N)=NO)NCCCCN(C)C. The quantitative estimate of drug-likeness (QED) is 0.180. The molecule has 0 fully saturated rings. The maximum Gasteiger partial charge on any atom is 0.140 e. The van der Waals surface area contributed by atoms with Crippen LogP contribution in [0.2, 0.25) is 0 Å². The van der Waals surface area contributed by atoms with Gasteiger partial charge in [0.05, 0.1) is 0 Å². The molecule has 0 bridgehead atoms. The number of amidine groups is 1. The maximum atomic E-state index is 8.48. The second-order valence-corrected chi connectivity index (χ2v) is 4.37. The molecule has 0 rings (SSSR count). The third-order valence-corrected chi connectivity index (χ3v) is 2.54. The second-order valence-electron chi connectivity index (χ2n) is 4.37. The summed E-state index contributed by atoms with van der Waals surface area (Å²) in [7, 11) is 4.17. The molecule has 1 atom stereocenters. The monoisotopic (exact) mass is 230 g/mol. The van der Waals surface area contributed by atoms with E-state index in [0.29, 0.717) is 18.3 Å². The van der Waals surface area contributed by atoms with E-state index >= 15 is 0 Å². The molecule has 4 N–H and O–H groups in total. The van der Waals surface area contributed by atoms with Crippen LogP contribution < -0.4 is 11.1 Å². The predicted molar refractivity (Wildman–Crippen MR) is 67.9 cm³/mol. The fourth-order valence-corrected chi connectivity index (χ4v) is 1.51. The Hall–Kier alpha value is -0.810. The standard InChI is InChI=1S/C11H26N4O/c1-4-10(9-11(12)14-16)13-7-5-6-8-15(2)3/h10,13,16H,4-9H2,1-3H3,(H2,12,14). The normalized spacial score (nSPS) is 14.4. The summed E-state index contributed by atoms with van der Waals surface area (Å²) in [5.74, 6) is 0.299. The predicted octanol–water partition coefficient (Wildman–Crippen LogP) is 0.833. The summed E-state index contributed by atoms with van der Waals surface area (Å²) in [5, 5.41) is 14.9. The topological polar surface area (TPSA) is 73.9 Å². The zero-order valence-corrected chi connectivity index (χ0v) is 10.7. The van der Waals surface area contributed by atoms with Crippen molar-refractivity contribution in [2.45, 2.75) is 38.6 Å². The van der Waals surface area contributed by atoms with Crippen LogP contribution in [0.5, 0.6) is 0 Å². The molecule has 0 heterocycles. The van der Waals surface area contributed by atoms with Gasteiger partial charge in [-0.2, -0.15) is 0 Å². The Balaban J connectivity index is 3.55. The lowest BCUT2D eigenvalue weighted by atomic mass is 10.1. The number of unbranched alkanes of at least 4 members (excludes halogenated alkanes) is 1. The fraction of sp³-hybridized carbons (Fsp3) is 0.909. The van der Waals surface area contributed by atoms with Crippen LogP contribution >= 0.6 is 0 Å². The highest BCUT2D eigenvalue weighted by Crippen LogP contribution is 1.98. The Morgan fingerprint density at radius 3 is 2.62 bits per heavy atom. The number of rotatable bonds is 9.